The molecule has 168 valence electrons. The number of benzene rings is 3. The van der Waals surface area contributed by atoms with Crippen molar-refractivity contribution >= 4 is 17.8 Å². The fourth-order valence-corrected chi connectivity index (χ4v) is 4.43. The van der Waals surface area contributed by atoms with Gasteiger partial charge in [0.1, 0.15) is 12.1 Å². The minimum absolute atomic E-state index is 0.323. The Bertz CT molecular complexity index is 1100. The van der Waals surface area contributed by atoms with Crippen LogP contribution < -0.4 is 5.32 Å². The summed E-state index contributed by atoms with van der Waals surface area (Å²) in [4.78, 5) is 42.2. The van der Waals surface area contributed by atoms with Crippen LogP contribution in [-0.4, -0.2) is 41.2 Å². The molecule has 1 aliphatic heterocycles. The summed E-state index contributed by atoms with van der Waals surface area (Å²) < 4.78 is 0. The van der Waals surface area contributed by atoms with Crippen LogP contribution in [0.15, 0.2) is 91.0 Å². The molecule has 0 aromatic heterocycles. The second-order valence-electron chi connectivity index (χ2n) is 8.17. The summed E-state index contributed by atoms with van der Waals surface area (Å²) in [5.41, 5.74) is 1.45. The van der Waals surface area contributed by atoms with Crippen LogP contribution in [0.25, 0.3) is 0 Å². The van der Waals surface area contributed by atoms with E-state index in [1.807, 2.05) is 97.9 Å². The van der Waals surface area contributed by atoms with Crippen LogP contribution in [0.5, 0.6) is 0 Å². The molecule has 1 atom stereocenters. The highest BCUT2D eigenvalue weighted by Crippen LogP contribution is 2.33. The van der Waals surface area contributed by atoms with Crippen molar-refractivity contribution in [2.45, 2.75) is 24.9 Å². The SMILES string of the molecule is CCC1(c2ccccc2)NC(=O)N(CC(=O)N(C)C(c2ccccc2)c2ccccc2)C1=O. The third-order valence-electron chi connectivity index (χ3n) is 6.28. The molecule has 1 heterocycles. The Labute approximate surface area is 193 Å². The number of hydrogen-bond acceptors (Lipinski definition) is 3. The first kappa shape index (κ1) is 22.3. The molecule has 0 bridgehead atoms. The lowest BCUT2D eigenvalue weighted by atomic mass is 9.87. The summed E-state index contributed by atoms with van der Waals surface area (Å²) in [6.45, 7) is 1.52. The zero-order valence-electron chi connectivity index (χ0n) is 18.8. The molecule has 0 spiro atoms. The number of carbonyl (C=O) groups is 3. The first-order valence-electron chi connectivity index (χ1n) is 11.0. The topological polar surface area (TPSA) is 69.7 Å². The van der Waals surface area contributed by atoms with E-state index in [2.05, 4.69) is 5.32 Å². The van der Waals surface area contributed by atoms with Crippen LogP contribution in [0.3, 0.4) is 0 Å². The smallest absolute Gasteiger partial charge is 0.325 e. The lowest BCUT2D eigenvalue weighted by Gasteiger charge is -2.30. The Balaban J connectivity index is 1.60. The summed E-state index contributed by atoms with van der Waals surface area (Å²) in [7, 11) is 1.70. The van der Waals surface area contributed by atoms with Crippen molar-refractivity contribution in [3.63, 3.8) is 0 Å². The highest BCUT2D eigenvalue weighted by Gasteiger charge is 2.51. The van der Waals surface area contributed by atoms with Gasteiger partial charge in [0.2, 0.25) is 5.91 Å². The number of amides is 4. The number of hydrogen-bond donors (Lipinski definition) is 1. The summed E-state index contributed by atoms with van der Waals surface area (Å²) in [6.07, 6.45) is 0.388. The second-order valence-corrected chi connectivity index (χ2v) is 8.17. The van der Waals surface area contributed by atoms with E-state index < -0.39 is 17.5 Å². The van der Waals surface area contributed by atoms with Crippen molar-refractivity contribution < 1.29 is 14.4 Å². The molecule has 1 aliphatic rings. The number of nitrogens with zero attached hydrogens (tertiary/aromatic N) is 2. The standard InChI is InChI=1S/C27H27N3O3/c1-3-27(22-17-11-6-12-18-22)25(32)30(26(33)28-27)19-23(31)29(2)24(20-13-7-4-8-14-20)21-15-9-5-10-16-21/h4-18,24H,3,19H2,1-2H3,(H,28,33). The number of urea groups is 1. The lowest BCUT2D eigenvalue weighted by molar-refractivity contribution is -0.139. The van der Waals surface area contributed by atoms with Crippen molar-refractivity contribution in [3.8, 4) is 0 Å². The van der Waals surface area contributed by atoms with Gasteiger partial charge in [0.25, 0.3) is 5.91 Å². The molecule has 1 N–H and O–H groups in total. The molecular weight excluding hydrogens is 414 g/mol. The molecule has 3 aromatic carbocycles. The summed E-state index contributed by atoms with van der Waals surface area (Å²) in [5.74, 6) is -0.727. The minimum atomic E-state index is -1.16. The van der Waals surface area contributed by atoms with Crippen LogP contribution >= 0.6 is 0 Å². The van der Waals surface area contributed by atoms with Gasteiger partial charge >= 0.3 is 6.03 Å². The van der Waals surface area contributed by atoms with E-state index in [9.17, 15) is 14.4 Å². The minimum Gasteiger partial charge on any atom is -0.333 e. The molecule has 0 aliphatic carbocycles. The van der Waals surface area contributed by atoms with Gasteiger partial charge in [0.05, 0.1) is 6.04 Å². The molecule has 6 heteroatoms. The highest BCUT2D eigenvalue weighted by atomic mass is 16.2. The Kier molecular flexibility index (Phi) is 6.27. The molecule has 0 radical (unpaired) electrons. The normalized spacial score (nSPS) is 17.8. The monoisotopic (exact) mass is 441 g/mol. The Morgan fingerprint density at radius 3 is 1.85 bits per heavy atom. The van der Waals surface area contributed by atoms with E-state index in [1.54, 1.807) is 11.9 Å². The van der Waals surface area contributed by atoms with Crippen molar-refractivity contribution in [3.05, 3.63) is 108 Å². The molecule has 33 heavy (non-hydrogen) atoms. The van der Waals surface area contributed by atoms with Gasteiger partial charge in [-0.05, 0) is 23.1 Å². The Morgan fingerprint density at radius 1 is 0.879 bits per heavy atom. The Hall–Kier alpha value is -3.93. The van der Waals surface area contributed by atoms with Gasteiger partial charge in [0, 0.05) is 7.05 Å². The second kappa shape index (κ2) is 9.28. The van der Waals surface area contributed by atoms with Crippen LogP contribution in [0, 0.1) is 0 Å². The summed E-state index contributed by atoms with van der Waals surface area (Å²) in [5, 5.41) is 2.84. The average molecular weight is 442 g/mol. The average Bonchev–Trinajstić information content (AvgIpc) is 3.11. The number of rotatable bonds is 7. The van der Waals surface area contributed by atoms with Gasteiger partial charge in [-0.15, -0.1) is 0 Å². The first-order valence-corrected chi connectivity index (χ1v) is 11.0. The van der Waals surface area contributed by atoms with Gasteiger partial charge in [-0.1, -0.05) is 97.9 Å². The van der Waals surface area contributed by atoms with Crippen LogP contribution in [0.4, 0.5) is 4.79 Å². The van der Waals surface area contributed by atoms with Crippen LogP contribution in [0.2, 0.25) is 0 Å². The van der Waals surface area contributed by atoms with E-state index >= 15 is 0 Å². The zero-order valence-corrected chi connectivity index (χ0v) is 18.8. The lowest BCUT2D eigenvalue weighted by Crippen LogP contribution is -2.45. The maximum absolute atomic E-state index is 13.4. The first-order chi connectivity index (χ1) is 16.0. The maximum Gasteiger partial charge on any atom is 0.325 e. The van der Waals surface area contributed by atoms with Crippen molar-refractivity contribution in [2.24, 2.45) is 0 Å². The van der Waals surface area contributed by atoms with Gasteiger partial charge < -0.3 is 10.2 Å². The Morgan fingerprint density at radius 2 is 1.36 bits per heavy atom. The third kappa shape index (κ3) is 4.12. The maximum atomic E-state index is 13.4. The highest BCUT2D eigenvalue weighted by molar-refractivity contribution is 6.09. The number of likely N-dealkylation sites (N-methyl/N-ethyl adjacent to an activating group) is 1. The van der Waals surface area contributed by atoms with Gasteiger partial charge in [-0.25, -0.2) is 4.79 Å². The van der Waals surface area contributed by atoms with Crippen LogP contribution in [0.1, 0.15) is 36.1 Å². The summed E-state index contributed by atoms with van der Waals surface area (Å²) >= 11 is 0. The molecule has 1 saturated heterocycles. The summed E-state index contributed by atoms with van der Waals surface area (Å²) in [6, 6.07) is 27.7. The molecule has 4 amide bonds. The molecule has 6 nitrogen and oxygen atoms in total. The van der Waals surface area contributed by atoms with Gasteiger partial charge in [-0.3, -0.25) is 14.5 Å². The predicted octanol–water partition coefficient (Wildman–Crippen LogP) is 4.09. The molecule has 1 unspecified atom stereocenters. The molecule has 0 saturated carbocycles. The van der Waals surface area contributed by atoms with Crippen molar-refractivity contribution in [1.82, 2.24) is 15.1 Å². The fourth-order valence-electron chi connectivity index (χ4n) is 4.43. The van der Waals surface area contributed by atoms with E-state index in [0.29, 0.717) is 12.0 Å². The molecular formula is C27H27N3O3. The largest absolute Gasteiger partial charge is 0.333 e. The molecule has 3 aromatic rings. The quantitative estimate of drug-likeness (QED) is 0.562. The molecule has 4 rings (SSSR count). The van der Waals surface area contributed by atoms with E-state index in [-0.39, 0.29) is 18.5 Å². The molecule has 1 fully saturated rings. The number of imide groups is 1. The third-order valence-corrected chi connectivity index (χ3v) is 6.28. The fraction of sp³-hybridized carbons (Fsp3) is 0.222. The van der Waals surface area contributed by atoms with Crippen LogP contribution in [-0.2, 0) is 15.1 Å². The van der Waals surface area contributed by atoms with Crippen molar-refractivity contribution in [1.29, 1.82) is 0 Å². The number of nitrogens with one attached hydrogen (secondary N) is 1. The van der Waals surface area contributed by atoms with Gasteiger partial charge in [-0.2, -0.15) is 0 Å². The van der Waals surface area contributed by atoms with E-state index in [0.717, 1.165) is 16.0 Å². The predicted molar refractivity (Wildman–Crippen MR) is 126 cm³/mol. The van der Waals surface area contributed by atoms with Crippen molar-refractivity contribution in [2.75, 3.05) is 13.6 Å². The van der Waals surface area contributed by atoms with E-state index in [1.165, 1.54) is 0 Å². The zero-order chi connectivity index (χ0) is 23.4. The van der Waals surface area contributed by atoms with E-state index in [4.69, 9.17) is 0 Å². The van der Waals surface area contributed by atoms with Gasteiger partial charge in [0.15, 0.2) is 0 Å². The number of carbonyl (C=O) groups excluding carboxylic acids is 3.